The van der Waals surface area contributed by atoms with Crippen LogP contribution < -0.4 is 5.32 Å². The number of aromatic nitrogens is 1. The smallest absolute Gasteiger partial charge is 0.144 e. The first kappa shape index (κ1) is 10.1. The van der Waals surface area contributed by atoms with Crippen LogP contribution in [0.5, 0.6) is 0 Å². The Bertz CT molecular complexity index is 263. The van der Waals surface area contributed by atoms with Gasteiger partial charge in [0, 0.05) is 6.20 Å². The minimum absolute atomic E-state index is 0.203. The summed E-state index contributed by atoms with van der Waals surface area (Å²) < 4.78 is 13.2. The maximum atomic E-state index is 13.2. The lowest BCUT2D eigenvalue weighted by atomic mass is 9.98. The third kappa shape index (κ3) is 2.77. The van der Waals surface area contributed by atoms with Crippen molar-refractivity contribution in [3.05, 3.63) is 29.8 Å². The Hall–Kier alpha value is -0.960. The minimum Gasteiger partial charge on any atom is -0.320 e. The Morgan fingerprint density at radius 1 is 1.62 bits per heavy atom. The van der Waals surface area contributed by atoms with Crippen molar-refractivity contribution in [1.29, 1.82) is 0 Å². The molecule has 3 heteroatoms. The first-order valence-electron chi connectivity index (χ1n) is 4.49. The van der Waals surface area contributed by atoms with Crippen molar-refractivity contribution in [2.75, 3.05) is 13.6 Å². The second kappa shape index (κ2) is 4.92. The Kier molecular flexibility index (Phi) is 3.83. The Morgan fingerprint density at radius 3 is 3.00 bits per heavy atom. The second-order valence-electron chi connectivity index (χ2n) is 3.19. The molecule has 1 atom stereocenters. The van der Waals surface area contributed by atoms with E-state index in [-0.39, 0.29) is 11.7 Å². The summed E-state index contributed by atoms with van der Waals surface area (Å²) in [6, 6.07) is 1.75. The van der Waals surface area contributed by atoms with Crippen LogP contribution in [-0.2, 0) is 0 Å². The SMILES string of the molecule is CNCCC(C)c1ccncc1F. The van der Waals surface area contributed by atoms with Gasteiger partial charge >= 0.3 is 0 Å². The molecular weight excluding hydrogens is 167 g/mol. The molecule has 0 spiro atoms. The number of halogens is 1. The third-order valence-corrected chi connectivity index (χ3v) is 2.16. The predicted octanol–water partition coefficient (Wildman–Crippen LogP) is 1.93. The maximum absolute atomic E-state index is 13.2. The van der Waals surface area contributed by atoms with E-state index in [1.165, 1.54) is 6.20 Å². The van der Waals surface area contributed by atoms with Crippen molar-refractivity contribution in [3.8, 4) is 0 Å². The molecule has 13 heavy (non-hydrogen) atoms. The molecule has 2 nitrogen and oxygen atoms in total. The van der Waals surface area contributed by atoms with E-state index in [2.05, 4.69) is 10.3 Å². The first-order chi connectivity index (χ1) is 6.25. The van der Waals surface area contributed by atoms with Gasteiger partial charge in [0.05, 0.1) is 6.20 Å². The van der Waals surface area contributed by atoms with Crippen molar-refractivity contribution in [3.63, 3.8) is 0 Å². The molecule has 0 saturated heterocycles. The van der Waals surface area contributed by atoms with E-state index in [1.807, 2.05) is 14.0 Å². The van der Waals surface area contributed by atoms with Crippen molar-refractivity contribution < 1.29 is 4.39 Å². The van der Waals surface area contributed by atoms with Crippen LogP contribution in [-0.4, -0.2) is 18.6 Å². The molecule has 0 aliphatic heterocycles. The summed E-state index contributed by atoms with van der Waals surface area (Å²) in [4.78, 5) is 3.72. The summed E-state index contributed by atoms with van der Waals surface area (Å²) in [5.74, 6) is 0.0431. The summed E-state index contributed by atoms with van der Waals surface area (Å²) in [5, 5.41) is 3.05. The largest absolute Gasteiger partial charge is 0.320 e. The quantitative estimate of drug-likeness (QED) is 0.769. The zero-order chi connectivity index (χ0) is 9.68. The topological polar surface area (TPSA) is 24.9 Å². The lowest BCUT2D eigenvalue weighted by molar-refractivity contribution is 0.561. The van der Waals surface area contributed by atoms with Gasteiger partial charge < -0.3 is 5.32 Å². The highest BCUT2D eigenvalue weighted by molar-refractivity contribution is 5.17. The van der Waals surface area contributed by atoms with Gasteiger partial charge in [0.2, 0.25) is 0 Å². The highest BCUT2D eigenvalue weighted by atomic mass is 19.1. The molecular formula is C10H15FN2. The number of rotatable bonds is 4. The molecule has 1 aromatic heterocycles. The fourth-order valence-corrected chi connectivity index (χ4v) is 1.30. The van der Waals surface area contributed by atoms with Gasteiger partial charge in [0.25, 0.3) is 0 Å². The minimum atomic E-state index is -0.203. The number of hydrogen-bond acceptors (Lipinski definition) is 2. The molecule has 0 saturated carbocycles. The van der Waals surface area contributed by atoms with Crippen LogP contribution in [0.4, 0.5) is 4.39 Å². The normalized spacial score (nSPS) is 12.8. The van der Waals surface area contributed by atoms with Gasteiger partial charge in [-0.1, -0.05) is 6.92 Å². The summed E-state index contributed by atoms with van der Waals surface area (Å²) >= 11 is 0. The number of nitrogens with zero attached hydrogens (tertiary/aromatic N) is 1. The van der Waals surface area contributed by atoms with Crippen molar-refractivity contribution in [2.45, 2.75) is 19.3 Å². The summed E-state index contributed by atoms with van der Waals surface area (Å²) in [6.45, 7) is 2.93. The van der Waals surface area contributed by atoms with Crippen LogP contribution in [0.1, 0.15) is 24.8 Å². The average Bonchev–Trinajstić information content (AvgIpc) is 2.15. The van der Waals surface area contributed by atoms with Crippen LogP contribution in [0.2, 0.25) is 0 Å². The molecule has 0 radical (unpaired) electrons. The number of hydrogen-bond donors (Lipinski definition) is 1. The van der Waals surface area contributed by atoms with E-state index in [0.717, 1.165) is 18.5 Å². The molecule has 0 amide bonds. The molecule has 1 N–H and O–H groups in total. The van der Waals surface area contributed by atoms with Crippen molar-refractivity contribution in [1.82, 2.24) is 10.3 Å². The monoisotopic (exact) mass is 182 g/mol. The number of nitrogens with one attached hydrogen (secondary N) is 1. The van der Waals surface area contributed by atoms with Gasteiger partial charge in [0.15, 0.2) is 0 Å². The zero-order valence-corrected chi connectivity index (χ0v) is 8.05. The fraction of sp³-hybridized carbons (Fsp3) is 0.500. The van der Waals surface area contributed by atoms with E-state index in [9.17, 15) is 4.39 Å². The van der Waals surface area contributed by atoms with Crippen LogP contribution in [0.25, 0.3) is 0 Å². The fourth-order valence-electron chi connectivity index (χ4n) is 1.30. The highest BCUT2D eigenvalue weighted by Gasteiger charge is 2.09. The van der Waals surface area contributed by atoms with E-state index in [0.29, 0.717) is 0 Å². The predicted molar refractivity (Wildman–Crippen MR) is 51.2 cm³/mol. The van der Waals surface area contributed by atoms with Gasteiger partial charge in [0.1, 0.15) is 5.82 Å². The summed E-state index contributed by atoms with van der Waals surface area (Å²) in [5.41, 5.74) is 0.755. The standard InChI is InChI=1S/C10H15FN2/c1-8(3-5-12-2)9-4-6-13-7-10(9)11/h4,6-8,12H,3,5H2,1-2H3. The van der Waals surface area contributed by atoms with Crippen LogP contribution in [0.15, 0.2) is 18.5 Å². The van der Waals surface area contributed by atoms with Crippen molar-refractivity contribution >= 4 is 0 Å². The van der Waals surface area contributed by atoms with Gasteiger partial charge in [-0.3, -0.25) is 4.98 Å². The van der Waals surface area contributed by atoms with Crippen LogP contribution in [0.3, 0.4) is 0 Å². The molecule has 1 heterocycles. The lowest BCUT2D eigenvalue weighted by Crippen LogP contribution is -2.11. The molecule has 0 fully saturated rings. The molecule has 0 aliphatic rings. The third-order valence-electron chi connectivity index (χ3n) is 2.16. The Morgan fingerprint density at radius 2 is 2.38 bits per heavy atom. The molecule has 1 unspecified atom stereocenters. The van der Waals surface area contributed by atoms with E-state index in [1.54, 1.807) is 12.3 Å². The molecule has 0 aromatic carbocycles. The summed E-state index contributed by atoms with van der Waals surface area (Å²) in [7, 11) is 1.90. The lowest BCUT2D eigenvalue weighted by Gasteiger charge is -2.11. The molecule has 72 valence electrons. The average molecular weight is 182 g/mol. The Labute approximate surface area is 78.2 Å². The highest BCUT2D eigenvalue weighted by Crippen LogP contribution is 2.20. The maximum Gasteiger partial charge on any atom is 0.144 e. The van der Waals surface area contributed by atoms with Gasteiger partial charge in [-0.25, -0.2) is 4.39 Å². The number of pyridine rings is 1. The molecule has 1 rings (SSSR count). The van der Waals surface area contributed by atoms with Crippen LogP contribution in [0, 0.1) is 5.82 Å². The van der Waals surface area contributed by atoms with E-state index >= 15 is 0 Å². The van der Waals surface area contributed by atoms with Gasteiger partial charge in [-0.05, 0) is 37.6 Å². The molecule has 0 bridgehead atoms. The van der Waals surface area contributed by atoms with Gasteiger partial charge in [-0.15, -0.1) is 0 Å². The van der Waals surface area contributed by atoms with Crippen molar-refractivity contribution in [2.24, 2.45) is 0 Å². The van der Waals surface area contributed by atoms with E-state index in [4.69, 9.17) is 0 Å². The molecule has 0 aliphatic carbocycles. The summed E-state index contributed by atoms with van der Waals surface area (Å²) in [6.07, 6.45) is 3.84. The first-order valence-corrected chi connectivity index (χ1v) is 4.49. The Balaban J connectivity index is 2.65. The van der Waals surface area contributed by atoms with Crippen LogP contribution >= 0.6 is 0 Å². The van der Waals surface area contributed by atoms with E-state index < -0.39 is 0 Å². The molecule has 1 aromatic rings. The van der Waals surface area contributed by atoms with Gasteiger partial charge in [-0.2, -0.15) is 0 Å². The zero-order valence-electron chi connectivity index (χ0n) is 8.05. The second-order valence-corrected chi connectivity index (χ2v) is 3.19.